The Morgan fingerprint density at radius 1 is 1.20 bits per heavy atom. The van der Waals surface area contributed by atoms with Crippen molar-refractivity contribution in [2.75, 3.05) is 5.75 Å². The van der Waals surface area contributed by atoms with Gasteiger partial charge in [0.2, 0.25) is 0 Å². The van der Waals surface area contributed by atoms with E-state index in [0.717, 1.165) is 11.8 Å². The molecule has 0 aliphatic carbocycles. The summed E-state index contributed by atoms with van der Waals surface area (Å²) in [5, 5.41) is 34.3. The number of nitrogens with one attached hydrogen (secondary N) is 1. The maximum Gasteiger partial charge on any atom is 0.321 e. The van der Waals surface area contributed by atoms with Gasteiger partial charge >= 0.3 is 5.97 Å². The monoisotopic (exact) mass is 464 g/mol. The molecule has 0 spiro atoms. The first kappa shape index (κ1) is 20.5. The lowest BCUT2D eigenvalue weighted by Gasteiger charge is -2.12. The van der Waals surface area contributed by atoms with Crippen LogP contribution in [-0.4, -0.2) is 37.7 Å². The Morgan fingerprint density at radius 2 is 2.00 bits per heavy atom. The maximum atomic E-state index is 11.6. The van der Waals surface area contributed by atoms with Crippen molar-refractivity contribution in [1.29, 1.82) is 0 Å². The van der Waals surface area contributed by atoms with Gasteiger partial charge in [-0.25, -0.2) is 4.98 Å². The second-order valence-corrected chi connectivity index (χ2v) is 9.70. The number of aliphatic carboxylic acids is 1. The Bertz CT molecular complexity index is 1180. The molecule has 0 amide bonds. The number of carboxylic acids is 1. The van der Waals surface area contributed by atoms with Crippen LogP contribution in [0.15, 0.2) is 45.6 Å². The number of benzene rings is 2. The molecule has 2 N–H and O–H groups in total. The Labute approximate surface area is 181 Å². The van der Waals surface area contributed by atoms with Gasteiger partial charge in [0.1, 0.15) is 6.04 Å². The molecule has 1 aliphatic heterocycles. The highest BCUT2D eigenvalue weighted by Gasteiger charge is 2.31. The molecule has 1 aromatic heterocycles. The number of carboxylic acid groups (broad SMARTS) is 1. The van der Waals surface area contributed by atoms with E-state index in [1.165, 1.54) is 41.3 Å². The van der Waals surface area contributed by atoms with Gasteiger partial charge in [-0.1, -0.05) is 17.8 Å². The third-order valence-electron chi connectivity index (χ3n) is 4.32. The number of thioether (sulfide) groups is 1. The zero-order valence-corrected chi connectivity index (χ0v) is 17.3. The summed E-state index contributed by atoms with van der Waals surface area (Å²) >= 11 is 3.72. The van der Waals surface area contributed by atoms with E-state index < -0.39 is 21.9 Å². The predicted molar refractivity (Wildman–Crippen MR) is 113 cm³/mol. The maximum absolute atomic E-state index is 11.6. The van der Waals surface area contributed by atoms with Gasteiger partial charge in [0, 0.05) is 24.0 Å². The normalized spacial score (nSPS) is 18.5. The van der Waals surface area contributed by atoms with E-state index in [-0.39, 0.29) is 16.7 Å². The van der Waals surface area contributed by atoms with Crippen molar-refractivity contribution in [3.8, 4) is 0 Å². The zero-order chi connectivity index (χ0) is 21.4. The molecule has 1 aliphatic rings. The molecule has 4 rings (SSSR count). The molecule has 2 atom stereocenters. The second kappa shape index (κ2) is 8.18. The minimum absolute atomic E-state index is 0.0423. The molecule has 2 heterocycles. The topological polar surface area (TPSA) is 148 Å². The SMILES string of the molecule is O=C(O)[C@@H]1CS[C@H](c2ccc(Sc3nc4ccc([N+](=O)[O-])cc4s3)c([N+](=O)[O-])c2)N1. The first-order valence-corrected chi connectivity index (χ1v) is 11.1. The summed E-state index contributed by atoms with van der Waals surface area (Å²) in [5.74, 6) is -0.579. The number of carbonyl (C=O) groups is 1. The van der Waals surface area contributed by atoms with Gasteiger partial charge in [0.15, 0.2) is 4.34 Å². The lowest BCUT2D eigenvalue weighted by Crippen LogP contribution is -2.33. The van der Waals surface area contributed by atoms with Gasteiger partial charge in [-0.05, 0) is 17.7 Å². The van der Waals surface area contributed by atoms with Crippen molar-refractivity contribution in [3.63, 3.8) is 0 Å². The van der Waals surface area contributed by atoms with Crippen molar-refractivity contribution in [1.82, 2.24) is 10.3 Å². The summed E-state index contributed by atoms with van der Waals surface area (Å²) < 4.78 is 1.15. The molecule has 1 saturated heterocycles. The minimum atomic E-state index is -0.956. The average Bonchev–Trinajstić information content (AvgIpc) is 3.34. The van der Waals surface area contributed by atoms with E-state index in [0.29, 0.717) is 30.8 Å². The summed E-state index contributed by atoms with van der Waals surface area (Å²) in [6.07, 6.45) is 0. The fourth-order valence-corrected chi connectivity index (χ4v) is 6.24. The standard InChI is InChI=1S/C17H12N4O6S3/c22-16(23)11-7-28-15(18-11)8-1-4-13(12(5-8)21(26)27)29-17-19-10-3-2-9(20(24)25)6-14(10)30-17/h1-6,11,15,18H,7H2,(H,22,23)/t11-,15+/m0/s1. The van der Waals surface area contributed by atoms with Crippen LogP contribution in [-0.2, 0) is 4.79 Å². The summed E-state index contributed by atoms with van der Waals surface area (Å²) in [7, 11) is 0. The zero-order valence-electron chi connectivity index (χ0n) is 14.9. The number of thiazole rings is 1. The Kier molecular flexibility index (Phi) is 5.60. The molecule has 2 aromatic carbocycles. The number of rotatable bonds is 6. The van der Waals surface area contributed by atoms with Crippen molar-refractivity contribution >= 4 is 62.4 Å². The van der Waals surface area contributed by atoms with E-state index in [1.54, 1.807) is 18.2 Å². The summed E-state index contributed by atoms with van der Waals surface area (Å²) in [6.45, 7) is 0. The van der Waals surface area contributed by atoms with E-state index in [9.17, 15) is 25.0 Å². The van der Waals surface area contributed by atoms with Crippen LogP contribution in [0.25, 0.3) is 10.2 Å². The first-order chi connectivity index (χ1) is 14.3. The number of hydrogen-bond donors (Lipinski definition) is 2. The summed E-state index contributed by atoms with van der Waals surface area (Å²) in [4.78, 5) is 37.5. The molecular formula is C17H12N4O6S3. The van der Waals surface area contributed by atoms with Crippen LogP contribution in [0, 0.1) is 20.2 Å². The van der Waals surface area contributed by atoms with Crippen LogP contribution < -0.4 is 5.32 Å². The van der Waals surface area contributed by atoms with Crippen LogP contribution in [0.1, 0.15) is 10.9 Å². The van der Waals surface area contributed by atoms with Crippen molar-refractivity contribution in [2.45, 2.75) is 20.7 Å². The summed E-state index contributed by atoms with van der Waals surface area (Å²) in [6, 6.07) is 8.43. The molecule has 10 nitrogen and oxygen atoms in total. The molecule has 1 fully saturated rings. The number of nitro groups is 2. The van der Waals surface area contributed by atoms with Crippen LogP contribution in [0.5, 0.6) is 0 Å². The molecule has 0 unspecified atom stereocenters. The third kappa shape index (κ3) is 4.09. The number of fused-ring (bicyclic) bond motifs is 1. The lowest BCUT2D eigenvalue weighted by atomic mass is 10.2. The molecule has 0 saturated carbocycles. The van der Waals surface area contributed by atoms with Gasteiger partial charge in [0.05, 0.1) is 30.3 Å². The minimum Gasteiger partial charge on any atom is -0.480 e. The van der Waals surface area contributed by atoms with Gasteiger partial charge in [-0.15, -0.1) is 23.1 Å². The number of hydrogen-bond acceptors (Lipinski definition) is 10. The summed E-state index contributed by atoms with van der Waals surface area (Å²) in [5.41, 5.74) is 1.06. The number of aromatic nitrogens is 1. The van der Waals surface area contributed by atoms with Crippen LogP contribution in [0.2, 0.25) is 0 Å². The van der Waals surface area contributed by atoms with Gasteiger partial charge in [0.25, 0.3) is 11.4 Å². The average molecular weight is 465 g/mol. The number of non-ortho nitro benzene ring substituents is 1. The predicted octanol–water partition coefficient (Wildman–Crippen LogP) is 4.05. The first-order valence-electron chi connectivity index (χ1n) is 8.43. The van der Waals surface area contributed by atoms with E-state index >= 15 is 0 Å². The fraction of sp³-hybridized carbons (Fsp3) is 0.176. The molecule has 0 radical (unpaired) electrons. The van der Waals surface area contributed by atoms with Gasteiger partial charge in [-0.3, -0.25) is 30.3 Å². The van der Waals surface area contributed by atoms with Crippen molar-refractivity contribution < 1.29 is 19.7 Å². The molecular weight excluding hydrogens is 452 g/mol. The number of nitro benzene ring substituents is 2. The van der Waals surface area contributed by atoms with Crippen LogP contribution >= 0.6 is 34.9 Å². The van der Waals surface area contributed by atoms with Crippen LogP contribution in [0.3, 0.4) is 0 Å². The van der Waals surface area contributed by atoms with Gasteiger partial charge in [-0.2, -0.15) is 0 Å². The Morgan fingerprint density at radius 3 is 2.67 bits per heavy atom. The molecule has 13 heteroatoms. The van der Waals surface area contributed by atoms with Gasteiger partial charge < -0.3 is 5.11 Å². The molecule has 3 aromatic rings. The quantitative estimate of drug-likeness (QED) is 0.404. The highest BCUT2D eigenvalue weighted by Crippen LogP contribution is 2.42. The highest BCUT2D eigenvalue weighted by molar-refractivity contribution is 8.01. The highest BCUT2D eigenvalue weighted by atomic mass is 32.2. The second-order valence-electron chi connectivity index (χ2n) is 6.25. The largest absolute Gasteiger partial charge is 0.480 e. The lowest BCUT2D eigenvalue weighted by molar-refractivity contribution is -0.387. The molecule has 0 bridgehead atoms. The Balaban J connectivity index is 1.61. The van der Waals surface area contributed by atoms with Crippen LogP contribution in [0.4, 0.5) is 11.4 Å². The van der Waals surface area contributed by atoms with E-state index in [4.69, 9.17) is 5.11 Å². The van der Waals surface area contributed by atoms with E-state index in [2.05, 4.69) is 10.3 Å². The van der Waals surface area contributed by atoms with Crippen molar-refractivity contribution in [3.05, 3.63) is 62.2 Å². The number of nitrogens with zero attached hydrogens (tertiary/aromatic N) is 3. The molecule has 30 heavy (non-hydrogen) atoms. The van der Waals surface area contributed by atoms with E-state index in [1.807, 2.05) is 0 Å². The fourth-order valence-electron chi connectivity index (χ4n) is 2.88. The Hall–Kier alpha value is -2.74. The molecule has 154 valence electrons. The smallest absolute Gasteiger partial charge is 0.321 e. The van der Waals surface area contributed by atoms with Crippen molar-refractivity contribution in [2.24, 2.45) is 0 Å². The third-order valence-corrected chi connectivity index (χ3v) is 7.73.